The Hall–Kier alpha value is -2.38. The minimum absolute atomic E-state index is 0.259. The minimum Gasteiger partial charge on any atom is -0.481 e. The van der Waals surface area contributed by atoms with E-state index in [9.17, 15) is 29.4 Å². The molecule has 22 heavy (non-hydrogen) atoms. The second kappa shape index (κ2) is 7.58. The zero-order valence-corrected chi connectivity index (χ0v) is 11.8. The Bertz CT molecular complexity index is 473. The van der Waals surface area contributed by atoms with Gasteiger partial charge in [-0.1, -0.05) is 11.1 Å². The van der Waals surface area contributed by atoms with Crippen LogP contribution >= 0.6 is 0 Å². The first-order chi connectivity index (χ1) is 10.2. The predicted octanol–water partition coefficient (Wildman–Crippen LogP) is 1.21. The molecule has 0 radical (unpaired) electrons. The van der Waals surface area contributed by atoms with E-state index in [0.29, 0.717) is 12.8 Å². The Kier molecular flexibility index (Phi) is 6.09. The molecule has 0 saturated heterocycles. The summed E-state index contributed by atoms with van der Waals surface area (Å²) in [4.78, 5) is 44.4. The highest BCUT2D eigenvalue weighted by atomic mass is 16.4. The molecule has 0 amide bonds. The van der Waals surface area contributed by atoms with Crippen LogP contribution in [0.3, 0.4) is 0 Å². The van der Waals surface area contributed by atoms with E-state index in [4.69, 9.17) is 10.2 Å². The van der Waals surface area contributed by atoms with Crippen molar-refractivity contribution in [2.24, 2.45) is 11.8 Å². The molecule has 0 bridgehead atoms. The normalized spacial score (nSPS) is 17.6. The van der Waals surface area contributed by atoms with Gasteiger partial charge in [0.2, 0.25) is 0 Å². The van der Waals surface area contributed by atoms with Crippen LogP contribution in [0.4, 0.5) is 0 Å². The van der Waals surface area contributed by atoms with Gasteiger partial charge in [0.1, 0.15) is 0 Å². The van der Waals surface area contributed by atoms with Gasteiger partial charge in [0.05, 0.1) is 24.7 Å². The van der Waals surface area contributed by atoms with Crippen LogP contribution in [0.5, 0.6) is 0 Å². The largest absolute Gasteiger partial charge is 0.481 e. The molecular formula is C14H18O8. The molecule has 0 spiro atoms. The summed E-state index contributed by atoms with van der Waals surface area (Å²) in [6.45, 7) is 0. The monoisotopic (exact) mass is 314 g/mol. The van der Waals surface area contributed by atoms with Crippen LogP contribution in [-0.2, 0) is 19.2 Å². The summed E-state index contributed by atoms with van der Waals surface area (Å²) in [5.41, 5.74) is 0.518. The second-order valence-electron chi connectivity index (χ2n) is 5.23. The highest BCUT2D eigenvalue weighted by Crippen LogP contribution is 2.37. The van der Waals surface area contributed by atoms with E-state index >= 15 is 0 Å². The second-order valence-corrected chi connectivity index (χ2v) is 5.23. The standard InChI is InChI=1S/C14H18O8/c15-11(16)5-9(13(19)20)7-3-1-2-4-8(7)10(14(21)22)6-12(17)18/h9-10H,1-6H2,(H,15,16)(H,17,18)(H,19,20)(H,21,22). The quantitative estimate of drug-likeness (QED) is 0.488. The molecule has 122 valence electrons. The van der Waals surface area contributed by atoms with E-state index in [2.05, 4.69) is 0 Å². The van der Waals surface area contributed by atoms with Gasteiger partial charge in [-0.25, -0.2) is 0 Å². The molecule has 4 N–H and O–H groups in total. The molecule has 0 aromatic heterocycles. The molecule has 8 heteroatoms. The van der Waals surface area contributed by atoms with E-state index in [1.165, 1.54) is 0 Å². The first-order valence-electron chi connectivity index (χ1n) is 6.85. The number of aliphatic carboxylic acids is 4. The maximum atomic E-state index is 11.3. The van der Waals surface area contributed by atoms with Gasteiger partial charge in [0.15, 0.2) is 0 Å². The Balaban J connectivity index is 3.29. The molecule has 0 aromatic rings. The molecule has 0 fully saturated rings. The molecular weight excluding hydrogens is 296 g/mol. The van der Waals surface area contributed by atoms with Crippen molar-refractivity contribution >= 4 is 23.9 Å². The van der Waals surface area contributed by atoms with Gasteiger partial charge in [-0.3, -0.25) is 19.2 Å². The van der Waals surface area contributed by atoms with E-state index in [1.54, 1.807) is 0 Å². The summed E-state index contributed by atoms with van der Waals surface area (Å²) >= 11 is 0. The Morgan fingerprint density at radius 2 is 1.05 bits per heavy atom. The topological polar surface area (TPSA) is 149 Å². The lowest BCUT2D eigenvalue weighted by Crippen LogP contribution is -2.28. The fourth-order valence-corrected chi connectivity index (χ4v) is 2.82. The van der Waals surface area contributed by atoms with Crippen LogP contribution in [-0.4, -0.2) is 44.3 Å². The number of hydrogen-bond donors (Lipinski definition) is 4. The number of carbonyl (C=O) groups is 4. The summed E-state index contributed by atoms with van der Waals surface area (Å²) < 4.78 is 0. The lowest BCUT2D eigenvalue weighted by molar-refractivity contribution is -0.147. The van der Waals surface area contributed by atoms with Gasteiger partial charge in [0, 0.05) is 0 Å². The SMILES string of the molecule is O=C(O)CC(C(=O)O)C1=C(C(CC(=O)O)C(=O)O)CCCC1. The molecule has 8 nitrogen and oxygen atoms in total. The maximum absolute atomic E-state index is 11.3. The fourth-order valence-electron chi connectivity index (χ4n) is 2.82. The van der Waals surface area contributed by atoms with E-state index < -0.39 is 48.6 Å². The van der Waals surface area contributed by atoms with Crippen LogP contribution in [0.2, 0.25) is 0 Å². The molecule has 0 aliphatic heterocycles. The van der Waals surface area contributed by atoms with E-state index in [1.807, 2.05) is 0 Å². The summed E-state index contributed by atoms with van der Waals surface area (Å²) in [5, 5.41) is 36.2. The molecule has 1 aliphatic carbocycles. The van der Waals surface area contributed by atoms with Crippen molar-refractivity contribution in [1.29, 1.82) is 0 Å². The lowest BCUT2D eigenvalue weighted by atomic mass is 9.76. The summed E-state index contributed by atoms with van der Waals surface area (Å²) in [6.07, 6.45) is 0.524. The van der Waals surface area contributed by atoms with Crippen LogP contribution < -0.4 is 0 Å². The van der Waals surface area contributed by atoms with Gasteiger partial charge in [-0.05, 0) is 25.7 Å². The number of rotatable bonds is 8. The zero-order chi connectivity index (χ0) is 16.9. The Morgan fingerprint density at radius 1 is 0.727 bits per heavy atom. The summed E-state index contributed by atoms with van der Waals surface area (Å²) in [6, 6.07) is 0. The van der Waals surface area contributed by atoms with Crippen molar-refractivity contribution in [2.45, 2.75) is 38.5 Å². The third-order valence-corrected chi connectivity index (χ3v) is 3.75. The van der Waals surface area contributed by atoms with Gasteiger partial charge in [-0.2, -0.15) is 0 Å². The molecule has 2 atom stereocenters. The van der Waals surface area contributed by atoms with E-state index in [-0.39, 0.29) is 24.0 Å². The molecule has 1 aliphatic rings. The maximum Gasteiger partial charge on any atom is 0.311 e. The number of carboxylic acids is 4. The highest BCUT2D eigenvalue weighted by Gasteiger charge is 2.34. The first kappa shape index (κ1) is 17.7. The van der Waals surface area contributed by atoms with Crippen molar-refractivity contribution in [1.82, 2.24) is 0 Å². The molecule has 0 aromatic carbocycles. The zero-order valence-electron chi connectivity index (χ0n) is 11.8. The van der Waals surface area contributed by atoms with E-state index in [0.717, 1.165) is 0 Å². The minimum atomic E-state index is -1.34. The van der Waals surface area contributed by atoms with Gasteiger partial charge in [0.25, 0.3) is 0 Å². The average Bonchev–Trinajstić information content (AvgIpc) is 2.41. The highest BCUT2D eigenvalue weighted by molar-refractivity contribution is 5.83. The molecule has 1 rings (SSSR count). The summed E-state index contributed by atoms with van der Waals surface area (Å²) in [7, 11) is 0. The van der Waals surface area contributed by atoms with Gasteiger partial charge in [-0.15, -0.1) is 0 Å². The van der Waals surface area contributed by atoms with Crippen molar-refractivity contribution in [3.8, 4) is 0 Å². The van der Waals surface area contributed by atoms with Gasteiger partial charge >= 0.3 is 23.9 Å². The number of hydrogen-bond acceptors (Lipinski definition) is 4. The lowest BCUT2D eigenvalue weighted by Gasteiger charge is -2.27. The Morgan fingerprint density at radius 3 is 1.27 bits per heavy atom. The summed E-state index contributed by atoms with van der Waals surface area (Å²) in [5.74, 6) is -7.90. The van der Waals surface area contributed by atoms with Crippen molar-refractivity contribution in [3.63, 3.8) is 0 Å². The smallest absolute Gasteiger partial charge is 0.311 e. The average molecular weight is 314 g/mol. The number of carboxylic acid groups (broad SMARTS) is 4. The fraction of sp³-hybridized carbons (Fsp3) is 0.571. The van der Waals surface area contributed by atoms with Crippen LogP contribution in [0, 0.1) is 11.8 Å². The van der Waals surface area contributed by atoms with Crippen molar-refractivity contribution < 1.29 is 39.6 Å². The molecule has 2 unspecified atom stereocenters. The van der Waals surface area contributed by atoms with Crippen LogP contribution in [0.1, 0.15) is 38.5 Å². The van der Waals surface area contributed by atoms with Crippen molar-refractivity contribution in [3.05, 3.63) is 11.1 Å². The third-order valence-electron chi connectivity index (χ3n) is 3.75. The van der Waals surface area contributed by atoms with Gasteiger partial charge < -0.3 is 20.4 Å². The molecule has 0 heterocycles. The third kappa shape index (κ3) is 4.57. The Labute approximate surface area is 126 Å². The first-order valence-corrected chi connectivity index (χ1v) is 6.85. The predicted molar refractivity (Wildman–Crippen MR) is 72.3 cm³/mol. The van der Waals surface area contributed by atoms with Crippen LogP contribution in [0.15, 0.2) is 11.1 Å². The molecule has 0 saturated carbocycles. The van der Waals surface area contributed by atoms with Crippen molar-refractivity contribution in [2.75, 3.05) is 0 Å². The van der Waals surface area contributed by atoms with Crippen LogP contribution in [0.25, 0.3) is 0 Å².